The van der Waals surface area contributed by atoms with Gasteiger partial charge >= 0.3 is 0 Å². The van der Waals surface area contributed by atoms with E-state index in [1.165, 1.54) is 0 Å². The normalized spacial score (nSPS) is 12.4. The van der Waals surface area contributed by atoms with Crippen LogP contribution in [-0.4, -0.2) is 9.97 Å². The average molecular weight is 273 g/mol. The molecule has 3 nitrogen and oxygen atoms in total. The standard InChI is InChI=1S/C15H19N3S/c1-4-13(16)12-7-5-6-8-14(12)19-15-17-10(2)9-11(3)18-15/h5-9,13H,4,16H2,1-3H3. The number of rotatable bonds is 4. The molecule has 0 fully saturated rings. The second kappa shape index (κ2) is 6.17. The van der Waals surface area contributed by atoms with Gasteiger partial charge in [0, 0.05) is 22.3 Å². The molecule has 0 spiro atoms. The van der Waals surface area contributed by atoms with E-state index in [2.05, 4.69) is 29.0 Å². The summed E-state index contributed by atoms with van der Waals surface area (Å²) in [5.41, 5.74) is 9.30. The fraction of sp³-hybridized carbons (Fsp3) is 0.333. The predicted molar refractivity (Wildman–Crippen MR) is 79.3 cm³/mol. The minimum absolute atomic E-state index is 0.0645. The monoisotopic (exact) mass is 273 g/mol. The maximum Gasteiger partial charge on any atom is 0.192 e. The van der Waals surface area contributed by atoms with Crippen molar-refractivity contribution in [1.82, 2.24) is 9.97 Å². The van der Waals surface area contributed by atoms with E-state index in [0.717, 1.165) is 33.4 Å². The highest BCUT2D eigenvalue weighted by atomic mass is 32.2. The fourth-order valence-corrected chi connectivity index (χ4v) is 3.00. The molecule has 1 heterocycles. The first kappa shape index (κ1) is 14.0. The summed E-state index contributed by atoms with van der Waals surface area (Å²) in [5, 5.41) is 0.785. The Morgan fingerprint density at radius 1 is 1.16 bits per heavy atom. The van der Waals surface area contributed by atoms with Crippen molar-refractivity contribution in [2.24, 2.45) is 5.73 Å². The molecule has 1 atom stereocenters. The third-order valence-corrected chi connectivity index (χ3v) is 3.88. The summed E-state index contributed by atoms with van der Waals surface area (Å²) in [6, 6.07) is 10.3. The Balaban J connectivity index is 2.32. The predicted octanol–water partition coefficient (Wildman–Crippen LogP) is 3.65. The van der Waals surface area contributed by atoms with E-state index in [0.29, 0.717) is 0 Å². The molecule has 0 aliphatic carbocycles. The van der Waals surface area contributed by atoms with Gasteiger partial charge in [0.25, 0.3) is 0 Å². The van der Waals surface area contributed by atoms with Gasteiger partial charge in [-0.05, 0) is 49.7 Å². The molecule has 0 saturated carbocycles. The molecule has 0 bridgehead atoms. The van der Waals surface area contributed by atoms with Crippen molar-refractivity contribution >= 4 is 11.8 Å². The van der Waals surface area contributed by atoms with E-state index in [1.807, 2.05) is 32.0 Å². The highest BCUT2D eigenvalue weighted by Crippen LogP contribution is 2.31. The van der Waals surface area contributed by atoms with Gasteiger partial charge in [-0.2, -0.15) is 0 Å². The minimum atomic E-state index is 0.0645. The lowest BCUT2D eigenvalue weighted by molar-refractivity contribution is 0.685. The summed E-state index contributed by atoms with van der Waals surface area (Å²) in [4.78, 5) is 10.1. The molecular formula is C15H19N3S. The quantitative estimate of drug-likeness (QED) is 0.864. The van der Waals surface area contributed by atoms with Crippen molar-refractivity contribution in [3.8, 4) is 0 Å². The van der Waals surface area contributed by atoms with Crippen molar-refractivity contribution in [3.63, 3.8) is 0 Å². The molecule has 0 radical (unpaired) electrons. The first-order valence-electron chi connectivity index (χ1n) is 6.44. The molecule has 0 saturated heterocycles. The zero-order valence-electron chi connectivity index (χ0n) is 11.6. The fourth-order valence-electron chi connectivity index (χ4n) is 1.94. The number of aryl methyl sites for hydroxylation is 2. The molecular weight excluding hydrogens is 254 g/mol. The molecule has 0 aliphatic heterocycles. The first-order chi connectivity index (χ1) is 9.10. The lowest BCUT2D eigenvalue weighted by Crippen LogP contribution is -2.09. The van der Waals surface area contributed by atoms with Crippen LogP contribution in [0.1, 0.15) is 36.3 Å². The van der Waals surface area contributed by atoms with E-state index in [9.17, 15) is 0 Å². The van der Waals surface area contributed by atoms with Crippen LogP contribution in [0, 0.1) is 13.8 Å². The lowest BCUT2D eigenvalue weighted by atomic mass is 10.1. The van der Waals surface area contributed by atoms with Gasteiger partial charge < -0.3 is 5.73 Å². The van der Waals surface area contributed by atoms with Crippen LogP contribution in [0.25, 0.3) is 0 Å². The van der Waals surface area contributed by atoms with E-state index in [1.54, 1.807) is 11.8 Å². The Bertz CT molecular complexity index is 549. The molecule has 1 unspecified atom stereocenters. The summed E-state index contributed by atoms with van der Waals surface area (Å²) in [6.45, 7) is 6.07. The molecule has 19 heavy (non-hydrogen) atoms. The van der Waals surface area contributed by atoms with Crippen molar-refractivity contribution in [3.05, 3.63) is 47.3 Å². The molecule has 2 N–H and O–H groups in total. The van der Waals surface area contributed by atoms with E-state index >= 15 is 0 Å². The van der Waals surface area contributed by atoms with Crippen LogP contribution in [0.2, 0.25) is 0 Å². The molecule has 100 valence electrons. The minimum Gasteiger partial charge on any atom is -0.324 e. The van der Waals surface area contributed by atoms with Crippen molar-refractivity contribution in [2.75, 3.05) is 0 Å². The Morgan fingerprint density at radius 3 is 2.42 bits per heavy atom. The van der Waals surface area contributed by atoms with Crippen molar-refractivity contribution in [2.45, 2.75) is 43.3 Å². The second-order valence-corrected chi connectivity index (χ2v) is 5.60. The van der Waals surface area contributed by atoms with E-state index in [-0.39, 0.29) is 6.04 Å². The van der Waals surface area contributed by atoms with Crippen LogP contribution < -0.4 is 5.73 Å². The van der Waals surface area contributed by atoms with Crippen LogP contribution in [-0.2, 0) is 0 Å². The van der Waals surface area contributed by atoms with E-state index < -0.39 is 0 Å². The average Bonchev–Trinajstić information content (AvgIpc) is 2.37. The maximum atomic E-state index is 6.15. The molecule has 4 heteroatoms. The Morgan fingerprint density at radius 2 is 1.79 bits per heavy atom. The molecule has 1 aromatic heterocycles. The number of benzene rings is 1. The first-order valence-corrected chi connectivity index (χ1v) is 7.26. The number of hydrogen-bond acceptors (Lipinski definition) is 4. The highest BCUT2D eigenvalue weighted by molar-refractivity contribution is 7.99. The smallest absolute Gasteiger partial charge is 0.192 e. The van der Waals surface area contributed by atoms with Gasteiger partial charge in [-0.15, -0.1) is 0 Å². The van der Waals surface area contributed by atoms with Crippen LogP contribution in [0.5, 0.6) is 0 Å². The molecule has 2 aromatic rings. The van der Waals surface area contributed by atoms with Crippen molar-refractivity contribution < 1.29 is 0 Å². The number of hydrogen-bond donors (Lipinski definition) is 1. The summed E-state index contributed by atoms with van der Waals surface area (Å²) in [6.07, 6.45) is 0.922. The second-order valence-electron chi connectivity index (χ2n) is 4.59. The van der Waals surface area contributed by atoms with Gasteiger partial charge in [0.2, 0.25) is 0 Å². The highest BCUT2D eigenvalue weighted by Gasteiger charge is 2.11. The van der Waals surface area contributed by atoms with E-state index in [4.69, 9.17) is 5.73 Å². The van der Waals surface area contributed by atoms with Crippen LogP contribution in [0.15, 0.2) is 40.4 Å². The van der Waals surface area contributed by atoms with Gasteiger partial charge in [-0.25, -0.2) is 9.97 Å². The third-order valence-electron chi connectivity index (χ3n) is 2.92. The number of nitrogens with zero attached hydrogens (tertiary/aromatic N) is 2. The largest absolute Gasteiger partial charge is 0.324 e. The summed E-state index contributed by atoms with van der Waals surface area (Å²) < 4.78 is 0. The Labute approximate surface area is 118 Å². The molecule has 0 amide bonds. The van der Waals surface area contributed by atoms with Crippen LogP contribution in [0.3, 0.4) is 0 Å². The molecule has 2 rings (SSSR count). The zero-order valence-corrected chi connectivity index (χ0v) is 12.4. The molecule has 1 aromatic carbocycles. The summed E-state index contributed by atoms with van der Waals surface area (Å²) >= 11 is 1.58. The number of nitrogens with two attached hydrogens (primary N) is 1. The Kier molecular flexibility index (Phi) is 4.56. The Hall–Kier alpha value is -1.39. The van der Waals surface area contributed by atoms with Crippen LogP contribution in [0.4, 0.5) is 0 Å². The molecule has 0 aliphatic rings. The zero-order chi connectivity index (χ0) is 13.8. The van der Waals surface area contributed by atoms with Gasteiger partial charge in [-0.3, -0.25) is 0 Å². The van der Waals surface area contributed by atoms with Gasteiger partial charge in [0.05, 0.1) is 0 Å². The van der Waals surface area contributed by atoms with Crippen LogP contribution >= 0.6 is 11.8 Å². The summed E-state index contributed by atoms with van der Waals surface area (Å²) in [5.74, 6) is 0. The topological polar surface area (TPSA) is 51.8 Å². The van der Waals surface area contributed by atoms with Crippen molar-refractivity contribution in [1.29, 1.82) is 0 Å². The van der Waals surface area contributed by atoms with Gasteiger partial charge in [-0.1, -0.05) is 25.1 Å². The van der Waals surface area contributed by atoms with Gasteiger partial charge in [0.15, 0.2) is 5.16 Å². The third kappa shape index (κ3) is 3.55. The number of aromatic nitrogens is 2. The summed E-state index contributed by atoms with van der Waals surface area (Å²) in [7, 11) is 0. The SMILES string of the molecule is CCC(N)c1ccccc1Sc1nc(C)cc(C)n1. The van der Waals surface area contributed by atoms with Gasteiger partial charge in [0.1, 0.15) is 0 Å². The maximum absolute atomic E-state index is 6.15. The lowest BCUT2D eigenvalue weighted by Gasteiger charge is -2.14.